The van der Waals surface area contributed by atoms with Crippen molar-refractivity contribution in [1.29, 1.82) is 0 Å². The Morgan fingerprint density at radius 3 is 2.59 bits per heavy atom. The summed E-state index contributed by atoms with van der Waals surface area (Å²) in [5.74, 6) is -1.03. The average molecular weight is 616 g/mol. The molecule has 0 aliphatic heterocycles. The molecule has 11 heteroatoms. The number of hydrogen-bond donors (Lipinski definition) is 3. The number of hydrogen-bond acceptors (Lipinski definition) is 9. The molecule has 0 spiro atoms. The van der Waals surface area contributed by atoms with Gasteiger partial charge in [0, 0.05) is 11.5 Å². The standard InChI is InChI=1S/C33H49N3O8/c1-5-6-7-8-25-20-29(31(32(38)30(25)33(39)40)28-19-24(4)9-10-27(28)23(2)3)44-18-17-42-15-16-43-22-26-21-36(35-34-26)11-13-41-14-12-37/h19-21,27-28,37-38H,2,5-18,22H2,1,3-4H3,(H,39,40). The number of carboxylic acids is 1. The minimum atomic E-state index is -1.14. The lowest BCUT2D eigenvalue weighted by atomic mass is 9.73. The highest BCUT2D eigenvalue weighted by atomic mass is 16.5. The second-order valence-corrected chi connectivity index (χ2v) is 11.3. The van der Waals surface area contributed by atoms with Crippen LogP contribution >= 0.6 is 0 Å². The van der Waals surface area contributed by atoms with E-state index in [2.05, 4.69) is 36.8 Å². The lowest BCUT2D eigenvalue weighted by molar-refractivity contribution is 0.0292. The van der Waals surface area contributed by atoms with Crippen molar-refractivity contribution in [1.82, 2.24) is 15.0 Å². The molecule has 3 N–H and O–H groups in total. The molecule has 11 nitrogen and oxygen atoms in total. The number of phenols is 1. The minimum Gasteiger partial charge on any atom is -0.507 e. The van der Waals surface area contributed by atoms with Crippen LogP contribution in [-0.2, 0) is 33.8 Å². The first kappa shape index (κ1) is 35.2. The van der Waals surface area contributed by atoms with E-state index in [1.807, 2.05) is 6.92 Å². The van der Waals surface area contributed by atoms with Crippen molar-refractivity contribution < 1.29 is 39.1 Å². The number of allylic oxidation sites excluding steroid dienone is 3. The van der Waals surface area contributed by atoms with Gasteiger partial charge in [-0.1, -0.05) is 48.8 Å². The van der Waals surface area contributed by atoms with E-state index < -0.39 is 5.97 Å². The molecule has 2 atom stereocenters. The highest BCUT2D eigenvalue weighted by molar-refractivity contribution is 5.94. The van der Waals surface area contributed by atoms with Crippen LogP contribution in [0.4, 0.5) is 0 Å². The van der Waals surface area contributed by atoms with E-state index in [0.29, 0.717) is 75.2 Å². The SMILES string of the molecule is C=C(C)C1CCC(C)=CC1c1c(OCCOCCOCc2cn(CCOCCO)nn2)cc(CCCCC)c(C(=O)O)c1O. The summed E-state index contributed by atoms with van der Waals surface area (Å²) in [6.07, 6.45) is 9.05. The molecule has 0 radical (unpaired) electrons. The van der Waals surface area contributed by atoms with Crippen LogP contribution in [0.3, 0.4) is 0 Å². The Kier molecular flexibility index (Phi) is 14.8. The second-order valence-electron chi connectivity index (χ2n) is 11.3. The number of aliphatic hydroxyl groups excluding tert-OH is 1. The number of rotatable bonds is 21. The third-order valence-corrected chi connectivity index (χ3v) is 7.75. The van der Waals surface area contributed by atoms with Gasteiger partial charge in [-0.05, 0) is 57.1 Å². The molecule has 0 fully saturated rings. The molecule has 1 aliphatic rings. The molecule has 0 amide bonds. The zero-order valence-electron chi connectivity index (χ0n) is 26.4. The van der Waals surface area contributed by atoms with Gasteiger partial charge < -0.3 is 34.3 Å². The number of benzene rings is 1. The van der Waals surface area contributed by atoms with Gasteiger partial charge in [-0.2, -0.15) is 0 Å². The zero-order valence-corrected chi connectivity index (χ0v) is 26.4. The van der Waals surface area contributed by atoms with E-state index >= 15 is 0 Å². The summed E-state index contributed by atoms with van der Waals surface area (Å²) in [5.41, 5.74) is 3.93. The summed E-state index contributed by atoms with van der Waals surface area (Å²) >= 11 is 0. The van der Waals surface area contributed by atoms with Crippen molar-refractivity contribution in [2.75, 3.05) is 46.2 Å². The van der Waals surface area contributed by atoms with Crippen LogP contribution in [0.25, 0.3) is 0 Å². The number of aliphatic hydroxyl groups is 1. The number of carbonyl (C=O) groups is 1. The molecule has 2 aromatic rings. The molecular formula is C33H49N3O8. The molecule has 1 aromatic carbocycles. The summed E-state index contributed by atoms with van der Waals surface area (Å²) in [4.78, 5) is 12.4. The lowest BCUT2D eigenvalue weighted by Gasteiger charge is -2.32. The summed E-state index contributed by atoms with van der Waals surface area (Å²) < 4.78 is 24.5. The maximum absolute atomic E-state index is 12.4. The van der Waals surface area contributed by atoms with E-state index in [0.717, 1.165) is 37.7 Å². The molecule has 0 saturated heterocycles. The fourth-order valence-electron chi connectivity index (χ4n) is 5.51. The number of nitrogens with zero attached hydrogens (tertiary/aromatic N) is 3. The highest BCUT2D eigenvalue weighted by Crippen LogP contribution is 2.48. The minimum absolute atomic E-state index is 0.0110. The molecule has 0 saturated carbocycles. The van der Waals surface area contributed by atoms with Gasteiger partial charge >= 0.3 is 5.97 Å². The van der Waals surface area contributed by atoms with Crippen LogP contribution in [0.5, 0.6) is 11.5 Å². The largest absolute Gasteiger partial charge is 0.507 e. The van der Waals surface area contributed by atoms with E-state index in [1.54, 1.807) is 16.9 Å². The maximum atomic E-state index is 12.4. The van der Waals surface area contributed by atoms with Crippen LogP contribution < -0.4 is 4.74 Å². The van der Waals surface area contributed by atoms with E-state index in [9.17, 15) is 15.0 Å². The quantitative estimate of drug-likeness (QED) is 0.129. The Morgan fingerprint density at radius 2 is 1.86 bits per heavy atom. The molecule has 0 bridgehead atoms. The average Bonchev–Trinajstić information content (AvgIpc) is 3.44. The molecule has 244 valence electrons. The normalized spacial score (nSPS) is 16.6. The number of aromatic carboxylic acids is 1. The van der Waals surface area contributed by atoms with E-state index in [-0.39, 0.29) is 36.4 Å². The van der Waals surface area contributed by atoms with Crippen LogP contribution in [0, 0.1) is 5.92 Å². The second kappa shape index (κ2) is 18.5. The van der Waals surface area contributed by atoms with Gasteiger partial charge in [-0.3, -0.25) is 0 Å². The third-order valence-electron chi connectivity index (χ3n) is 7.75. The van der Waals surface area contributed by atoms with Crippen molar-refractivity contribution in [3.8, 4) is 11.5 Å². The van der Waals surface area contributed by atoms with Gasteiger partial charge in [0.2, 0.25) is 0 Å². The monoisotopic (exact) mass is 615 g/mol. The number of aryl methyl sites for hydroxylation is 1. The van der Waals surface area contributed by atoms with Gasteiger partial charge in [0.05, 0.1) is 59.0 Å². The Bertz CT molecular complexity index is 1240. The Labute approximate surface area is 260 Å². The van der Waals surface area contributed by atoms with E-state index in [1.165, 1.54) is 5.57 Å². The van der Waals surface area contributed by atoms with Gasteiger partial charge in [0.1, 0.15) is 29.4 Å². The molecule has 2 unspecified atom stereocenters. The van der Waals surface area contributed by atoms with Crippen LogP contribution in [-0.4, -0.2) is 82.5 Å². The van der Waals surface area contributed by atoms with Crippen LogP contribution in [0.2, 0.25) is 0 Å². The molecular weight excluding hydrogens is 566 g/mol. The summed E-state index contributed by atoms with van der Waals surface area (Å²) in [5, 5.41) is 38.4. The van der Waals surface area contributed by atoms with Crippen molar-refractivity contribution in [2.24, 2.45) is 5.92 Å². The predicted octanol–water partition coefficient (Wildman–Crippen LogP) is 5.05. The van der Waals surface area contributed by atoms with Gasteiger partial charge in [-0.25, -0.2) is 9.48 Å². The number of aromatic hydroxyl groups is 1. The Morgan fingerprint density at radius 1 is 1.11 bits per heavy atom. The first-order valence-corrected chi connectivity index (χ1v) is 15.6. The molecule has 1 heterocycles. The third kappa shape index (κ3) is 10.4. The topological polar surface area (TPSA) is 145 Å². The lowest BCUT2D eigenvalue weighted by Crippen LogP contribution is -2.20. The van der Waals surface area contributed by atoms with E-state index in [4.69, 9.17) is 24.1 Å². The predicted molar refractivity (Wildman–Crippen MR) is 166 cm³/mol. The smallest absolute Gasteiger partial charge is 0.339 e. The molecule has 1 aliphatic carbocycles. The fraction of sp³-hybridized carbons (Fsp3) is 0.606. The van der Waals surface area contributed by atoms with Crippen LogP contribution in [0.15, 0.2) is 36.1 Å². The number of aromatic nitrogens is 3. The molecule has 3 rings (SSSR count). The zero-order chi connectivity index (χ0) is 31.9. The van der Waals surface area contributed by atoms with Gasteiger partial charge in [-0.15, -0.1) is 5.10 Å². The number of carboxylic acid groups (broad SMARTS) is 1. The summed E-state index contributed by atoms with van der Waals surface area (Å²) in [6.45, 7) is 13.1. The van der Waals surface area contributed by atoms with Crippen molar-refractivity contribution in [3.63, 3.8) is 0 Å². The van der Waals surface area contributed by atoms with Crippen LogP contribution in [0.1, 0.15) is 86.0 Å². The fourth-order valence-corrected chi connectivity index (χ4v) is 5.51. The molecule has 44 heavy (non-hydrogen) atoms. The number of ether oxygens (including phenoxy) is 4. The van der Waals surface area contributed by atoms with Gasteiger partial charge in [0.25, 0.3) is 0 Å². The Balaban J connectivity index is 1.61. The molecule has 1 aromatic heterocycles. The summed E-state index contributed by atoms with van der Waals surface area (Å²) in [6, 6.07) is 1.80. The highest BCUT2D eigenvalue weighted by Gasteiger charge is 2.33. The Hall–Kier alpha value is -3.25. The first-order valence-electron chi connectivity index (χ1n) is 15.6. The van der Waals surface area contributed by atoms with Gasteiger partial charge in [0.15, 0.2) is 0 Å². The van der Waals surface area contributed by atoms with Crippen molar-refractivity contribution >= 4 is 5.97 Å². The number of unbranched alkanes of at least 4 members (excludes halogenated alkanes) is 2. The maximum Gasteiger partial charge on any atom is 0.339 e. The summed E-state index contributed by atoms with van der Waals surface area (Å²) in [7, 11) is 0. The first-order chi connectivity index (χ1) is 21.3. The van der Waals surface area contributed by atoms with Crippen molar-refractivity contribution in [2.45, 2.75) is 78.4 Å². The van der Waals surface area contributed by atoms with Crippen molar-refractivity contribution in [3.05, 3.63) is 58.4 Å².